The number of carbonyl (C=O) groups excluding carboxylic acids is 1. The summed E-state index contributed by atoms with van der Waals surface area (Å²) in [6.07, 6.45) is 1.89. The molecule has 0 unspecified atom stereocenters. The number of hydrogen-bond acceptors (Lipinski definition) is 4. The number of nitrogens with zero attached hydrogens (tertiary/aromatic N) is 1. The number of nitrogens with two attached hydrogens (primary N) is 1. The zero-order chi connectivity index (χ0) is 15.2. The predicted octanol–water partition coefficient (Wildman–Crippen LogP) is 2.10. The van der Waals surface area contributed by atoms with E-state index in [1.807, 2.05) is 6.92 Å². The highest BCUT2D eigenvalue weighted by atomic mass is 35.5. The summed E-state index contributed by atoms with van der Waals surface area (Å²) < 4.78 is 5.36. The van der Waals surface area contributed by atoms with Gasteiger partial charge in [-0.15, -0.1) is 0 Å². The molecule has 6 heteroatoms. The molecule has 21 heavy (non-hydrogen) atoms. The van der Waals surface area contributed by atoms with Gasteiger partial charge >= 0.3 is 0 Å². The zero-order valence-electron chi connectivity index (χ0n) is 12.3. The van der Waals surface area contributed by atoms with E-state index in [0.717, 1.165) is 25.9 Å². The third kappa shape index (κ3) is 4.88. The number of rotatable bonds is 5. The molecule has 0 radical (unpaired) electrons. The highest BCUT2D eigenvalue weighted by Gasteiger charge is 2.18. The molecule has 1 amide bonds. The Morgan fingerprint density at radius 1 is 1.48 bits per heavy atom. The van der Waals surface area contributed by atoms with Gasteiger partial charge in [-0.2, -0.15) is 0 Å². The Hall–Kier alpha value is -1.30. The molecular weight excluding hydrogens is 290 g/mol. The Bertz CT molecular complexity index is 488. The predicted molar refractivity (Wildman–Crippen MR) is 84.9 cm³/mol. The highest BCUT2D eigenvalue weighted by Crippen LogP contribution is 2.27. The minimum Gasteiger partial charge on any atom is -0.492 e. The number of ether oxygens (including phenoxy) is 1. The zero-order valence-corrected chi connectivity index (χ0v) is 13.0. The monoisotopic (exact) mass is 311 g/mol. The van der Waals surface area contributed by atoms with Crippen LogP contribution in [0.25, 0.3) is 0 Å². The Morgan fingerprint density at radius 3 is 2.81 bits per heavy atom. The number of carbonyl (C=O) groups is 1. The molecule has 0 atom stereocenters. The number of halogens is 1. The lowest BCUT2D eigenvalue weighted by atomic mass is 10.1. The van der Waals surface area contributed by atoms with Crippen molar-refractivity contribution in [3.63, 3.8) is 0 Å². The van der Waals surface area contributed by atoms with E-state index in [2.05, 4.69) is 10.2 Å². The van der Waals surface area contributed by atoms with Gasteiger partial charge in [0.2, 0.25) is 5.91 Å². The number of hydrogen-bond donors (Lipinski definition) is 2. The number of anilines is 1. The summed E-state index contributed by atoms with van der Waals surface area (Å²) in [5, 5.41) is 3.36. The third-order valence-corrected chi connectivity index (χ3v) is 3.81. The maximum absolute atomic E-state index is 12.0. The van der Waals surface area contributed by atoms with Gasteiger partial charge in [-0.3, -0.25) is 9.69 Å². The average Bonchev–Trinajstić information content (AvgIpc) is 2.44. The summed E-state index contributed by atoms with van der Waals surface area (Å²) in [5.41, 5.74) is 6.54. The van der Waals surface area contributed by atoms with Gasteiger partial charge < -0.3 is 15.8 Å². The number of nitrogens with one attached hydrogen (secondary N) is 1. The molecule has 0 saturated carbocycles. The topological polar surface area (TPSA) is 67.6 Å². The van der Waals surface area contributed by atoms with Crippen molar-refractivity contribution in [2.24, 2.45) is 5.73 Å². The fourth-order valence-corrected chi connectivity index (χ4v) is 2.60. The van der Waals surface area contributed by atoms with Crippen LogP contribution in [0.4, 0.5) is 5.69 Å². The Balaban J connectivity index is 1.86. The summed E-state index contributed by atoms with van der Waals surface area (Å²) in [7, 11) is 0. The van der Waals surface area contributed by atoms with Crippen LogP contribution in [-0.4, -0.2) is 43.1 Å². The van der Waals surface area contributed by atoms with Crippen LogP contribution in [0.2, 0.25) is 5.02 Å². The molecule has 1 fully saturated rings. The molecule has 1 aliphatic rings. The van der Waals surface area contributed by atoms with Gasteiger partial charge in [-0.1, -0.05) is 11.6 Å². The first-order valence-corrected chi connectivity index (χ1v) is 7.66. The molecule has 1 aliphatic heterocycles. The molecule has 0 aliphatic carbocycles. The lowest BCUT2D eigenvalue weighted by Gasteiger charge is -2.29. The maximum atomic E-state index is 12.0. The lowest BCUT2D eigenvalue weighted by molar-refractivity contribution is -0.117. The molecule has 1 heterocycles. The molecule has 1 aromatic rings. The van der Waals surface area contributed by atoms with Gasteiger partial charge in [-0.25, -0.2) is 0 Å². The first-order valence-electron chi connectivity index (χ1n) is 7.28. The second kappa shape index (κ2) is 7.64. The lowest BCUT2D eigenvalue weighted by Crippen LogP contribution is -2.43. The van der Waals surface area contributed by atoms with Crippen molar-refractivity contribution in [2.75, 3.05) is 31.6 Å². The van der Waals surface area contributed by atoms with Crippen LogP contribution >= 0.6 is 11.6 Å². The second-order valence-electron chi connectivity index (χ2n) is 5.24. The van der Waals surface area contributed by atoms with Crippen LogP contribution in [0, 0.1) is 0 Å². The summed E-state index contributed by atoms with van der Waals surface area (Å²) >= 11 is 6.10. The van der Waals surface area contributed by atoms with Crippen molar-refractivity contribution in [1.82, 2.24) is 4.90 Å². The van der Waals surface area contributed by atoms with Gasteiger partial charge in [0.25, 0.3) is 0 Å². The Morgan fingerprint density at radius 2 is 2.19 bits per heavy atom. The molecule has 1 aromatic carbocycles. The van der Waals surface area contributed by atoms with Crippen molar-refractivity contribution in [3.8, 4) is 5.75 Å². The molecule has 5 nitrogen and oxygen atoms in total. The average molecular weight is 312 g/mol. The van der Waals surface area contributed by atoms with Crippen molar-refractivity contribution >= 4 is 23.2 Å². The molecule has 0 aromatic heterocycles. The first kappa shape index (κ1) is 16.1. The van der Waals surface area contributed by atoms with Crippen molar-refractivity contribution < 1.29 is 9.53 Å². The van der Waals surface area contributed by atoms with Gasteiger partial charge in [0, 0.05) is 24.8 Å². The molecule has 116 valence electrons. The summed E-state index contributed by atoms with van der Waals surface area (Å²) in [6, 6.07) is 5.54. The standard InChI is InChI=1S/C15H22ClN3O2/c1-2-21-14-4-3-12(9-13(14)16)18-15(20)10-19-7-5-11(17)6-8-19/h3-4,9,11H,2,5-8,10,17H2,1H3,(H,18,20). The van der Waals surface area contributed by atoms with E-state index in [-0.39, 0.29) is 11.9 Å². The molecule has 2 rings (SSSR count). The number of likely N-dealkylation sites (tertiary alicyclic amines) is 1. The fraction of sp³-hybridized carbons (Fsp3) is 0.533. The SMILES string of the molecule is CCOc1ccc(NC(=O)CN2CCC(N)CC2)cc1Cl. The van der Waals surface area contributed by atoms with Gasteiger partial charge in [0.05, 0.1) is 18.2 Å². The second-order valence-corrected chi connectivity index (χ2v) is 5.65. The molecule has 0 spiro atoms. The van der Waals surface area contributed by atoms with Crippen molar-refractivity contribution in [3.05, 3.63) is 23.2 Å². The van der Waals surface area contributed by atoms with E-state index in [4.69, 9.17) is 22.1 Å². The largest absolute Gasteiger partial charge is 0.492 e. The van der Waals surface area contributed by atoms with Crippen LogP contribution in [0.3, 0.4) is 0 Å². The number of benzene rings is 1. The highest BCUT2D eigenvalue weighted by molar-refractivity contribution is 6.32. The number of amides is 1. The molecular formula is C15H22ClN3O2. The van der Waals surface area contributed by atoms with E-state index in [9.17, 15) is 4.79 Å². The summed E-state index contributed by atoms with van der Waals surface area (Å²) in [5.74, 6) is 0.591. The van der Waals surface area contributed by atoms with Crippen LogP contribution in [0.5, 0.6) is 5.75 Å². The number of piperidine rings is 1. The van der Waals surface area contributed by atoms with Crippen LogP contribution in [-0.2, 0) is 4.79 Å². The normalized spacial score (nSPS) is 16.7. The third-order valence-electron chi connectivity index (χ3n) is 3.51. The first-order chi connectivity index (χ1) is 10.1. The van der Waals surface area contributed by atoms with Crippen molar-refractivity contribution in [1.29, 1.82) is 0 Å². The van der Waals surface area contributed by atoms with Gasteiger partial charge in [0.15, 0.2) is 0 Å². The van der Waals surface area contributed by atoms with Crippen LogP contribution < -0.4 is 15.8 Å². The van der Waals surface area contributed by atoms with E-state index in [1.54, 1.807) is 18.2 Å². The molecule has 1 saturated heterocycles. The Kier molecular flexibility index (Phi) is 5.85. The molecule has 3 N–H and O–H groups in total. The summed E-state index contributed by atoms with van der Waals surface area (Å²) in [6.45, 7) is 4.59. The smallest absolute Gasteiger partial charge is 0.238 e. The van der Waals surface area contributed by atoms with E-state index in [1.165, 1.54) is 0 Å². The van der Waals surface area contributed by atoms with E-state index < -0.39 is 0 Å². The minimum atomic E-state index is -0.0364. The quantitative estimate of drug-likeness (QED) is 0.874. The minimum absolute atomic E-state index is 0.0364. The van der Waals surface area contributed by atoms with Gasteiger partial charge in [0.1, 0.15) is 5.75 Å². The fourth-order valence-electron chi connectivity index (χ4n) is 2.37. The Labute approximate surface area is 130 Å². The van der Waals surface area contributed by atoms with Crippen LogP contribution in [0.1, 0.15) is 19.8 Å². The maximum Gasteiger partial charge on any atom is 0.238 e. The van der Waals surface area contributed by atoms with Crippen LogP contribution in [0.15, 0.2) is 18.2 Å². The van der Waals surface area contributed by atoms with Gasteiger partial charge in [-0.05, 0) is 38.0 Å². The summed E-state index contributed by atoms with van der Waals surface area (Å²) in [4.78, 5) is 14.1. The van der Waals surface area contributed by atoms with E-state index in [0.29, 0.717) is 29.6 Å². The van der Waals surface area contributed by atoms with E-state index >= 15 is 0 Å². The molecule has 0 bridgehead atoms. The van der Waals surface area contributed by atoms with Crippen molar-refractivity contribution in [2.45, 2.75) is 25.8 Å².